The molecule has 4 aromatic rings. The predicted octanol–water partition coefficient (Wildman–Crippen LogP) is 3.96. The molecule has 0 bridgehead atoms. The fourth-order valence-corrected chi connectivity index (χ4v) is 6.35. The molecule has 4 heterocycles. The molecule has 2 N–H and O–H groups in total. The summed E-state index contributed by atoms with van der Waals surface area (Å²) in [6.07, 6.45) is 1.31. The fraction of sp³-hybridized carbons (Fsp3) is 0.304. The van der Waals surface area contributed by atoms with E-state index in [0.29, 0.717) is 20.6 Å². The Balaban J connectivity index is 1.50. The van der Waals surface area contributed by atoms with Crippen molar-refractivity contribution in [3.63, 3.8) is 0 Å². The van der Waals surface area contributed by atoms with Crippen LogP contribution in [-0.4, -0.2) is 72.6 Å². The van der Waals surface area contributed by atoms with Crippen LogP contribution >= 0.6 is 34.7 Å². The lowest BCUT2D eigenvalue weighted by Crippen LogP contribution is -2.55. The summed E-state index contributed by atoms with van der Waals surface area (Å²) >= 11 is 8.82. The van der Waals surface area contributed by atoms with Gasteiger partial charge in [-0.05, 0) is 18.2 Å². The highest BCUT2D eigenvalue weighted by Gasteiger charge is 2.47. The van der Waals surface area contributed by atoms with Crippen LogP contribution in [-0.2, 0) is 9.47 Å². The molecule has 1 aliphatic rings. The highest BCUT2D eigenvalue weighted by atomic mass is 35.5. The number of methoxy groups -OCH3 is 1. The Labute approximate surface area is 227 Å². The summed E-state index contributed by atoms with van der Waals surface area (Å²) in [5, 5.41) is 31.8. The van der Waals surface area contributed by atoms with E-state index in [-0.39, 0.29) is 11.3 Å². The molecule has 5 atom stereocenters. The number of aliphatic hydroxyl groups is 2. The summed E-state index contributed by atoms with van der Waals surface area (Å²) in [4.78, 5) is 9.35. The number of hydrogen-bond acceptors (Lipinski definition) is 10. The molecule has 0 amide bonds. The number of nitrogens with zero attached hydrogens (tertiary/aromatic N) is 5. The van der Waals surface area contributed by atoms with Crippen LogP contribution < -0.4 is 0 Å². The molecule has 5 rings (SSSR count). The first kappa shape index (κ1) is 27.0. The zero-order chi connectivity index (χ0) is 27.0. The molecule has 1 aromatic carbocycles. The van der Waals surface area contributed by atoms with Crippen LogP contribution in [0.15, 0.2) is 47.1 Å². The summed E-state index contributed by atoms with van der Waals surface area (Å²) in [5.41, 5.74) is -0.241. The van der Waals surface area contributed by atoms with E-state index in [0.717, 1.165) is 12.1 Å². The molecule has 200 valence electrons. The zero-order valence-corrected chi connectivity index (χ0v) is 21.8. The summed E-state index contributed by atoms with van der Waals surface area (Å²) in [7, 11) is 1.42. The van der Waals surface area contributed by atoms with Crippen molar-refractivity contribution in [2.24, 2.45) is 0 Å². The molecule has 1 fully saturated rings. The highest BCUT2D eigenvalue weighted by Crippen LogP contribution is 2.42. The second-order valence-corrected chi connectivity index (χ2v) is 10.7. The van der Waals surface area contributed by atoms with Crippen molar-refractivity contribution < 1.29 is 32.9 Å². The Hall–Kier alpha value is -2.59. The SMILES string of the molecule is COC1C(Sc2cc(Cl)cnc2-c2nccs2)OC(CO)C(O)C1n1cc(-c2cc(F)c(F)c(F)c2)nn1. The maximum atomic E-state index is 13.8. The van der Waals surface area contributed by atoms with Gasteiger partial charge >= 0.3 is 0 Å². The average molecular weight is 586 g/mol. The first-order valence-electron chi connectivity index (χ1n) is 11.1. The van der Waals surface area contributed by atoms with Gasteiger partial charge in [-0.3, -0.25) is 4.98 Å². The Morgan fingerprint density at radius 3 is 2.63 bits per heavy atom. The predicted molar refractivity (Wildman–Crippen MR) is 133 cm³/mol. The molecular weight excluding hydrogens is 567 g/mol. The van der Waals surface area contributed by atoms with Gasteiger partial charge in [-0.25, -0.2) is 22.8 Å². The first-order valence-corrected chi connectivity index (χ1v) is 13.2. The molecule has 0 saturated carbocycles. The van der Waals surface area contributed by atoms with E-state index in [1.54, 1.807) is 12.3 Å². The van der Waals surface area contributed by atoms with Crippen LogP contribution in [0.4, 0.5) is 13.2 Å². The summed E-state index contributed by atoms with van der Waals surface area (Å²) < 4.78 is 54.0. The van der Waals surface area contributed by atoms with E-state index in [1.807, 2.05) is 5.38 Å². The largest absolute Gasteiger partial charge is 0.394 e. The van der Waals surface area contributed by atoms with Gasteiger partial charge < -0.3 is 19.7 Å². The van der Waals surface area contributed by atoms with Gasteiger partial charge in [0.1, 0.15) is 46.2 Å². The van der Waals surface area contributed by atoms with E-state index in [4.69, 9.17) is 21.1 Å². The second kappa shape index (κ2) is 11.3. The van der Waals surface area contributed by atoms with Gasteiger partial charge in [-0.2, -0.15) is 0 Å². The standard InChI is InChI=1S/C23H19ClF3N5O4S2/c1-35-21-19(32-8-14(30-31-32)10-4-12(25)17(27)13(26)5-10)20(34)15(9-33)36-23(21)38-16-6-11(24)7-29-18(16)22-28-2-3-37-22/h2-8,15,19-21,23,33-34H,9H2,1H3. The number of ether oxygens (including phenoxy) is 2. The van der Waals surface area contributed by atoms with Crippen LogP contribution in [0.2, 0.25) is 5.02 Å². The minimum Gasteiger partial charge on any atom is -0.394 e. The maximum absolute atomic E-state index is 13.8. The van der Waals surface area contributed by atoms with Crippen molar-refractivity contribution in [3.05, 3.63) is 64.6 Å². The molecule has 5 unspecified atom stereocenters. The highest BCUT2D eigenvalue weighted by molar-refractivity contribution is 8.00. The Bertz CT molecular complexity index is 1410. The fourth-order valence-electron chi connectivity index (χ4n) is 4.10. The Morgan fingerprint density at radius 1 is 1.21 bits per heavy atom. The molecule has 0 radical (unpaired) electrons. The van der Waals surface area contributed by atoms with E-state index in [9.17, 15) is 23.4 Å². The van der Waals surface area contributed by atoms with Gasteiger partial charge in [-0.1, -0.05) is 28.6 Å². The van der Waals surface area contributed by atoms with Crippen LogP contribution in [0.3, 0.4) is 0 Å². The van der Waals surface area contributed by atoms with Crippen molar-refractivity contribution in [1.82, 2.24) is 25.0 Å². The molecule has 1 aliphatic heterocycles. The van der Waals surface area contributed by atoms with E-state index in [2.05, 4.69) is 20.3 Å². The summed E-state index contributed by atoms with van der Waals surface area (Å²) in [5.74, 6) is -4.35. The van der Waals surface area contributed by atoms with Gasteiger partial charge in [0.2, 0.25) is 0 Å². The van der Waals surface area contributed by atoms with E-state index in [1.165, 1.54) is 47.3 Å². The van der Waals surface area contributed by atoms with Gasteiger partial charge in [0.15, 0.2) is 17.5 Å². The molecule has 9 nitrogen and oxygen atoms in total. The van der Waals surface area contributed by atoms with Gasteiger partial charge in [0.05, 0.1) is 17.8 Å². The van der Waals surface area contributed by atoms with Crippen molar-refractivity contribution in [3.8, 4) is 22.0 Å². The second-order valence-electron chi connectivity index (χ2n) is 8.20. The quantitative estimate of drug-likeness (QED) is 0.311. The third-order valence-electron chi connectivity index (χ3n) is 5.89. The van der Waals surface area contributed by atoms with E-state index >= 15 is 0 Å². The number of thioether (sulfide) groups is 1. The number of aliphatic hydroxyl groups excluding tert-OH is 2. The van der Waals surface area contributed by atoms with Gasteiger partial charge in [0, 0.05) is 35.3 Å². The van der Waals surface area contributed by atoms with Crippen LogP contribution in [0.1, 0.15) is 6.04 Å². The molecule has 15 heteroatoms. The lowest BCUT2D eigenvalue weighted by molar-refractivity contribution is -0.186. The summed E-state index contributed by atoms with van der Waals surface area (Å²) in [6, 6.07) is 2.35. The minimum absolute atomic E-state index is 0.0335. The number of hydrogen-bond donors (Lipinski definition) is 2. The molecule has 0 spiro atoms. The van der Waals surface area contributed by atoms with Crippen LogP contribution in [0.5, 0.6) is 0 Å². The van der Waals surface area contributed by atoms with Crippen LogP contribution in [0, 0.1) is 17.5 Å². The van der Waals surface area contributed by atoms with E-state index < -0.39 is 53.8 Å². The van der Waals surface area contributed by atoms with Crippen LogP contribution in [0.25, 0.3) is 22.0 Å². The maximum Gasteiger partial charge on any atom is 0.194 e. The van der Waals surface area contributed by atoms with Crippen molar-refractivity contribution >= 4 is 34.7 Å². The number of halogens is 4. The lowest BCUT2D eigenvalue weighted by Gasteiger charge is -2.43. The lowest BCUT2D eigenvalue weighted by atomic mass is 9.97. The number of pyridine rings is 1. The molecule has 38 heavy (non-hydrogen) atoms. The van der Waals surface area contributed by atoms with Crippen molar-refractivity contribution in [1.29, 1.82) is 0 Å². The first-order chi connectivity index (χ1) is 18.3. The average Bonchev–Trinajstić information content (AvgIpc) is 3.60. The van der Waals surface area contributed by atoms with Gasteiger partial charge in [0.25, 0.3) is 0 Å². The molecule has 0 aliphatic carbocycles. The topological polar surface area (TPSA) is 115 Å². The third-order valence-corrected chi connectivity index (χ3v) is 8.05. The van der Waals surface area contributed by atoms with Crippen molar-refractivity contribution in [2.75, 3.05) is 13.7 Å². The van der Waals surface area contributed by atoms with Crippen molar-refractivity contribution in [2.45, 2.75) is 34.7 Å². The Kier molecular flexibility index (Phi) is 8.00. The molecular formula is C23H19ClF3N5O4S2. The third kappa shape index (κ3) is 5.17. The molecule has 1 saturated heterocycles. The minimum atomic E-state index is -1.60. The number of rotatable bonds is 7. The summed E-state index contributed by atoms with van der Waals surface area (Å²) in [6.45, 7) is -0.520. The monoisotopic (exact) mass is 585 g/mol. The zero-order valence-electron chi connectivity index (χ0n) is 19.4. The van der Waals surface area contributed by atoms with Gasteiger partial charge in [-0.15, -0.1) is 16.4 Å². The Morgan fingerprint density at radius 2 is 1.97 bits per heavy atom. The number of benzene rings is 1. The smallest absolute Gasteiger partial charge is 0.194 e. The number of thiazole rings is 1. The normalized spacial score (nSPS) is 23.6. The number of aromatic nitrogens is 5. The molecule has 3 aromatic heterocycles.